The molecule has 3 aliphatic rings. The predicted octanol–water partition coefficient (Wildman–Crippen LogP) is 3.01. The van der Waals surface area contributed by atoms with E-state index in [-0.39, 0.29) is 5.91 Å². The maximum absolute atomic E-state index is 12.3. The molecule has 0 aromatic heterocycles. The van der Waals surface area contributed by atoms with Gasteiger partial charge in [-0.3, -0.25) is 4.79 Å². The Hall–Kier alpha value is -2.33. The molecule has 2 heterocycles. The molecule has 2 fully saturated rings. The van der Waals surface area contributed by atoms with Crippen molar-refractivity contribution in [1.82, 2.24) is 10.6 Å². The molecule has 2 aromatic carbocycles. The van der Waals surface area contributed by atoms with Gasteiger partial charge < -0.3 is 16.0 Å². The summed E-state index contributed by atoms with van der Waals surface area (Å²) < 4.78 is 0. The average Bonchev–Trinajstić information content (AvgIpc) is 3.38. The van der Waals surface area contributed by atoms with Crippen molar-refractivity contribution < 1.29 is 4.79 Å². The Labute approximate surface area is 141 Å². The fraction of sp³-hybridized carbons (Fsp3) is 0.350. The van der Waals surface area contributed by atoms with Gasteiger partial charge in [0, 0.05) is 35.8 Å². The highest BCUT2D eigenvalue weighted by Crippen LogP contribution is 2.47. The van der Waals surface area contributed by atoms with Crippen molar-refractivity contribution in [3.8, 4) is 0 Å². The highest BCUT2D eigenvalue weighted by molar-refractivity contribution is 5.95. The molecule has 1 aliphatic carbocycles. The van der Waals surface area contributed by atoms with Crippen LogP contribution in [0.15, 0.2) is 48.5 Å². The molecule has 4 heteroatoms. The normalized spacial score (nSPS) is 27.2. The Morgan fingerprint density at radius 2 is 1.88 bits per heavy atom. The van der Waals surface area contributed by atoms with Gasteiger partial charge in [0.25, 0.3) is 5.91 Å². The van der Waals surface area contributed by atoms with Crippen LogP contribution in [0.3, 0.4) is 0 Å². The molecular weight excluding hydrogens is 298 g/mol. The van der Waals surface area contributed by atoms with Crippen molar-refractivity contribution in [2.24, 2.45) is 5.92 Å². The van der Waals surface area contributed by atoms with Gasteiger partial charge in [0.05, 0.1) is 6.04 Å². The van der Waals surface area contributed by atoms with Crippen molar-refractivity contribution in [3.05, 3.63) is 65.2 Å². The smallest absolute Gasteiger partial charge is 0.251 e. The molecule has 122 valence electrons. The lowest BCUT2D eigenvalue weighted by molar-refractivity contribution is 0.0950. The van der Waals surface area contributed by atoms with E-state index in [1.54, 1.807) is 0 Å². The van der Waals surface area contributed by atoms with Crippen molar-refractivity contribution in [1.29, 1.82) is 0 Å². The van der Waals surface area contributed by atoms with Crippen LogP contribution in [0.25, 0.3) is 0 Å². The van der Waals surface area contributed by atoms with Crippen molar-refractivity contribution in [3.63, 3.8) is 0 Å². The van der Waals surface area contributed by atoms with Gasteiger partial charge in [-0.25, -0.2) is 0 Å². The lowest BCUT2D eigenvalue weighted by atomic mass is 9.74. The number of carbonyl (C=O) groups excluding carboxylic acids is 1. The first-order valence-corrected chi connectivity index (χ1v) is 8.79. The molecule has 1 amide bonds. The zero-order valence-electron chi connectivity index (χ0n) is 13.5. The van der Waals surface area contributed by atoms with Gasteiger partial charge >= 0.3 is 0 Å². The summed E-state index contributed by atoms with van der Waals surface area (Å²) in [4.78, 5) is 12.3. The van der Waals surface area contributed by atoms with Crippen LogP contribution in [-0.4, -0.2) is 18.5 Å². The van der Waals surface area contributed by atoms with Crippen LogP contribution in [-0.2, 0) is 0 Å². The topological polar surface area (TPSA) is 53.2 Å². The third kappa shape index (κ3) is 2.29. The number of anilines is 1. The largest absolute Gasteiger partial charge is 0.378 e. The van der Waals surface area contributed by atoms with Gasteiger partial charge in [-0.1, -0.05) is 30.3 Å². The van der Waals surface area contributed by atoms with Crippen LogP contribution in [0.1, 0.15) is 46.4 Å². The van der Waals surface area contributed by atoms with Gasteiger partial charge in [0.2, 0.25) is 0 Å². The fourth-order valence-corrected chi connectivity index (χ4v) is 3.88. The van der Waals surface area contributed by atoms with Crippen LogP contribution >= 0.6 is 0 Å². The molecule has 3 N–H and O–H groups in total. The number of fused-ring (bicyclic) bond motifs is 3. The fourth-order valence-electron chi connectivity index (χ4n) is 3.88. The molecule has 1 unspecified atom stereocenters. The standard InChI is InChI=1S/C20H21N3O/c24-20(22-14-7-8-14)13-6-9-17-15(10-13)19-16(11-21-19)18(23-17)12-4-2-1-3-5-12/h1-6,9-10,14,16,18-19,21,23H,7-8,11H2,(H,22,24)/t16-,18?,19+/m0/s1. The molecule has 1 saturated heterocycles. The molecule has 2 aliphatic heterocycles. The van der Waals surface area contributed by atoms with Gasteiger partial charge in [-0.2, -0.15) is 0 Å². The van der Waals surface area contributed by atoms with Crippen LogP contribution in [0.5, 0.6) is 0 Å². The molecule has 5 rings (SSSR count). The summed E-state index contributed by atoms with van der Waals surface area (Å²) in [5.41, 5.74) is 4.46. The van der Waals surface area contributed by atoms with Crippen LogP contribution in [0.2, 0.25) is 0 Å². The number of benzene rings is 2. The molecule has 24 heavy (non-hydrogen) atoms. The summed E-state index contributed by atoms with van der Waals surface area (Å²) >= 11 is 0. The molecule has 0 spiro atoms. The van der Waals surface area contributed by atoms with E-state index < -0.39 is 0 Å². The minimum atomic E-state index is 0.0568. The van der Waals surface area contributed by atoms with E-state index in [0.717, 1.165) is 30.6 Å². The highest BCUT2D eigenvalue weighted by Gasteiger charge is 2.43. The SMILES string of the molecule is O=C(NC1CC1)c1ccc2c(c1)[C@H]1NC[C@H]1C(c1ccccc1)N2. The summed E-state index contributed by atoms with van der Waals surface area (Å²) in [6.07, 6.45) is 2.23. The summed E-state index contributed by atoms with van der Waals surface area (Å²) in [6.45, 7) is 1.01. The summed E-state index contributed by atoms with van der Waals surface area (Å²) in [7, 11) is 0. The molecule has 0 radical (unpaired) electrons. The van der Waals surface area contributed by atoms with Crippen molar-refractivity contribution >= 4 is 11.6 Å². The van der Waals surface area contributed by atoms with Gasteiger partial charge in [-0.15, -0.1) is 0 Å². The van der Waals surface area contributed by atoms with Crippen molar-refractivity contribution in [2.75, 3.05) is 11.9 Å². The quantitative estimate of drug-likeness (QED) is 0.815. The highest BCUT2D eigenvalue weighted by atomic mass is 16.1. The Bertz CT molecular complexity index is 785. The summed E-state index contributed by atoms with van der Waals surface area (Å²) in [5, 5.41) is 10.3. The second kappa shape index (κ2) is 5.35. The maximum Gasteiger partial charge on any atom is 0.251 e. The third-order valence-electron chi connectivity index (χ3n) is 5.46. The molecule has 1 saturated carbocycles. The van der Waals surface area contributed by atoms with E-state index in [4.69, 9.17) is 0 Å². The second-order valence-corrected chi connectivity index (χ2v) is 7.13. The zero-order chi connectivity index (χ0) is 16.1. The maximum atomic E-state index is 12.3. The Kier molecular flexibility index (Phi) is 3.13. The zero-order valence-corrected chi connectivity index (χ0v) is 13.5. The average molecular weight is 319 g/mol. The van der Waals surface area contributed by atoms with E-state index in [9.17, 15) is 4.79 Å². The predicted molar refractivity (Wildman–Crippen MR) is 94.0 cm³/mol. The van der Waals surface area contributed by atoms with E-state index >= 15 is 0 Å². The number of carbonyl (C=O) groups is 1. The number of nitrogens with one attached hydrogen (secondary N) is 3. The minimum Gasteiger partial charge on any atom is -0.378 e. The van der Waals surface area contributed by atoms with Crippen LogP contribution in [0, 0.1) is 5.92 Å². The third-order valence-corrected chi connectivity index (χ3v) is 5.46. The first-order valence-electron chi connectivity index (χ1n) is 8.79. The Morgan fingerprint density at radius 1 is 1.04 bits per heavy atom. The van der Waals surface area contributed by atoms with E-state index in [0.29, 0.717) is 24.0 Å². The second-order valence-electron chi connectivity index (χ2n) is 7.13. The van der Waals surface area contributed by atoms with Gasteiger partial charge in [-0.05, 0) is 42.2 Å². The van der Waals surface area contributed by atoms with Gasteiger partial charge in [0.1, 0.15) is 0 Å². The summed E-state index contributed by atoms with van der Waals surface area (Å²) in [6, 6.07) is 17.7. The first-order chi connectivity index (χ1) is 11.8. The van der Waals surface area contributed by atoms with Crippen molar-refractivity contribution in [2.45, 2.75) is 31.0 Å². The van der Waals surface area contributed by atoms with E-state index in [2.05, 4.69) is 58.4 Å². The lowest BCUT2D eigenvalue weighted by Crippen LogP contribution is -2.52. The number of hydrogen-bond donors (Lipinski definition) is 3. The van der Waals surface area contributed by atoms with E-state index in [1.807, 2.05) is 6.07 Å². The Balaban J connectivity index is 1.45. The monoisotopic (exact) mass is 319 g/mol. The summed E-state index contributed by atoms with van der Waals surface area (Å²) in [5.74, 6) is 0.586. The van der Waals surface area contributed by atoms with Crippen LogP contribution in [0.4, 0.5) is 5.69 Å². The molecule has 2 aromatic rings. The number of hydrogen-bond acceptors (Lipinski definition) is 3. The lowest BCUT2D eigenvalue weighted by Gasteiger charge is -2.48. The van der Waals surface area contributed by atoms with E-state index in [1.165, 1.54) is 11.1 Å². The molecule has 3 atom stereocenters. The Morgan fingerprint density at radius 3 is 2.58 bits per heavy atom. The molecule has 0 bridgehead atoms. The number of rotatable bonds is 3. The molecular formula is C20H21N3O. The molecule has 4 nitrogen and oxygen atoms in total. The van der Waals surface area contributed by atoms with Gasteiger partial charge in [0.15, 0.2) is 0 Å². The minimum absolute atomic E-state index is 0.0568. The first kappa shape index (κ1) is 14.1. The number of amides is 1. The van der Waals surface area contributed by atoms with Crippen LogP contribution < -0.4 is 16.0 Å².